The number of hydrogen-bond acceptors (Lipinski definition) is 3. The van der Waals surface area contributed by atoms with Gasteiger partial charge in [-0.15, -0.1) is 0 Å². The lowest BCUT2D eigenvalue weighted by atomic mass is 9.78. The van der Waals surface area contributed by atoms with Crippen LogP contribution in [-0.4, -0.2) is 36.2 Å². The lowest BCUT2D eigenvalue weighted by Crippen LogP contribution is -2.32. The maximum absolute atomic E-state index is 13.0. The minimum Gasteiger partial charge on any atom is -0.507 e. The van der Waals surface area contributed by atoms with Crippen LogP contribution >= 0.6 is 0 Å². The van der Waals surface area contributed by atoms with Crippen molar-refractivity contribution in [2.24, 2.45) is 0 Å². The van der Waals surface area contributed by atoms with E-state index in [0.717, 1.165) is 22.3 Å². The second-order valence-electron chi connectivity index (χ2n) is 10.0. The van der Waals surface area contributed by atoms with E-state index in [-0.39, 0.29) is 16.7 Å². The molecule has 0 atom stereocenters. The van der Waals surface area contributed by atoms with Gasteiger partial charge in [-0.25, -0.2) is 0 Å². The van der Waals surface area contributed by atoms with Crippen molar-refractivity contribution < 1.29 is 14.6 Å². The number of phenols is 1. The second kappa shape index (κ2) is 10.1. The third kappa shape index (κ3) is 6.96. The molecule has 0 aliphatic rings. The monoisotopic (exact) mass is 423 g/mol. The van der Waals surface area contributed by atoms with Gasteiger partial charge >= 0.3 is 0 Å². The van der Waals surface area contributed by atoms with Gasteiger partial charge in [0.2, 0.25) is 5.91 Å². The average Bonchev–Trinajstić information content (AvgIpc) is 2.69. The Hall–Kier alpha value is -2.59. The molecule has 0 radical (unpaired) electrons. The molecule has 31 heavy (non-hydrogen) atoms. The lowest BCUT2D eigenvalue weighted by Gasteiger charge is -2.28. The Labute approximate surface area is 187 Å². The second-order valence-corrected chi connectivity index (χ2v) is 10.0. The van der Waals surface area contributed by atoms with Gasteiger partial charge in [-0.2, -0.15) is 0 Å². The molecule has 1 N–H and O–H groups in total. The summed E-state index contributed by atoms with van der Waals surface area (Å²) in [6, 6.07) is 13.9. The first-order chi connectivity index (χ1) is 14.4. The zero-order valence-corrected chi connectivity index (χ0v) is 20.0. The predicted molar refractivity (Wildman–Crippen MR) is 128 cm³/mol. The van der Waals surface area contributed by atoms with Crippen LogP contribution < -0.4 is 0 Å². The van der Waals surface area contributed by atoms with Crippen molar-refractivity contribution in [3.8, 4) is 5.75 Å². The topological polar surface area (TPSA) is 49.8 Å². The molecule has 2 aromatic carbocycles. The van der Waals surface area contributed by atoms with Crippen LogP contribution in [0.1, 0.15) is 63.8 Å². The third-order valence-corrected chi connectivity index (χ3v) is 5.26. The molecule has 168 valence electrons. The van der Waals surface area contributed by atoms with Crippen molar-refractivity contribution in [2.45, 2.75) is 58.9 Å². The molecule has 0 saturated heterocycles. The maximum atomic E-state index is 13.0. The van der Waals surface area contributed by atoms with Crippen molar-refractivity contribution in [2.75, 3.05) is 20.3 Å². The van der Waals surface area contributed by atoms with Crippen LogP contribution in [0.2, 0.25) is 0 Å². The molecule has 2 rings (SSSR count). The van der Waals surface area contributed by atoms with Crippen LogP contribution in [0.15, 0.2) is 48.5 Å². The van der Waals surface area contributed by atoms with Gasteiger partial charge in [0, 0.05) is 37.4 Å². The van der Waals surface area contributed by atoms with Crippen LogP contribution in [0.3, 0.4) is 0 Å². The summed E-state index contributed by atoms with van der Waals surface area (Å²) in [7, 11) is 1.64. The molecule has 0 aliphatic carbocycles. The Morgan fingerprint density at radius 1 is 1.00 bits per heavy atom. The van der Waals surface area contributed by atoms with E-state index in [1.807, 2.05) is 48.5 Å². The standard InChI is InChI=1S/C27H37NO3/c1-26(2,3)22-17-21(18-23(25(22)30)27(4,5)6)13-14-24(29)28(15-16-31-7)19-20-11-9-8-10-12-20/h8-14,17-18,30H,15-16,19H2,1-7H3/b14-13+. The van der Waals surface area contributed by atoms with Crippen LogP contribution in [0, 0.1) is 0 Å². The highest BCUT2D eigenvalue weighted by atomic mass is 16.5. The summed E-state index contributed by atoms with van der Waals surface area (Å²) in [5.74, 6) is 0.276. The molecule has 0 saturated carbocycles. The van der Waals surface area contributed by atoms with Gasteiger partial charge in [0.05, 0.1) is 6.61 Å². The van der Waals surface area contributed by atoms with Crippen LogP contribution in [0.5, 0.6) is 5.75 Å². The summed E-state index contributed by atoms with van der Waals surface area (Å²) in [4.78, 5) is 14.8. The van der Waals surface area contributed by atoms with Gasteiger partial charge in [0.15, 0.2) is 0 Å². The van der Waals surface area contributed by atoms with Crippen LogP contribution in [0.25, 0.3) is 6.08 Å². The Bertz CT molecular complexity index is 867. The van der Waals surface area contributed by atoms with E-state index in [0.29, 0.717) is 25.4 Å². The number of carbonyl (C=O) groups is 1. The number of aromatic hydroxyl groups is 1. The Morgan fingerprint density at radius 3 is 2.03 bits per heavy atom. The fourth-order valence-electron chi connectivity index (χ4n) is 3.44. The summed E-state index contributed by atoms with van der Waals surface area (Å²) < 4.78 is 5.20. The highest BCUT2D eigenvalue weighted by molar-refractivity contribution is 5.92. The van der Waals surface area contributed by atoms with Crippen molar-refractivity contribution in [1.82, 2.24) is 4.90 Å². The number of carbonyl (C=O) groups excluding carboxylic acids is 1. The van der Waals surface area contributed by atoms with Crippen molar-refractivity contribution in [3.63, 3.8) is 0 Å². The van der Waals surface area contributed by atoms with Crippen LogP contribution in [-0.2, 0) is 26.9 Å². The lowest BCUT2D eigenvalue weighted by molar-refractivity contribution is -0.127. The van der Waals surface area contributed by atoms with E-state index >= 15 is 0 Å². The SMILES string of the molecule is COCCN(Cc1ccccc1)C(=O)/C=C/c1cc(C(C)(C)C)c(O)c(C(C)(C)C)c1. The summed E-state index contributed by atoms with van der Waals surface area (Å²) in [5, 5.41) is 10.9. The van der Waals surface area contributed by atoms with Crippen LogP contribution in [0.4, 0.5) is 0 Å². The summed E-state index contributed by atoms with van der Waals surface area (Å²) >= 11 is 0. The zero-order chi connectivity index (χ0) is 23.2. The Morgan fingerprint density at radius 2 is 1.55 bits per heavy atom. The van der Waals surface area contributed by atoms with Gasteiger partial charge in [0.1, 0.15) is 5.75 Å². The smallest absolute Gasteiger partial charge is 0.246 e. The van der Waals surface area contributed by atoms with Crippen molar-refractivity contribution >= 4 is 12.0 Å². The summed E-state index contributed by atoms with van der Waals surface area (Å²) in [6.45, 7) is 14.0. The van der Waals surface area contributed by atoms with Gasteiger partial charge in [-0.3, -0.25) is 4.79 Å². The number of benzene rings is 2. The molecular weight excluding hydrogens is 386 g/mol. The number of phenolic OH excluding ortho intramolecular Hbond substituents is 1. The first kappa shape index (κ1) is 24.7. The average molecular weight is 424 g/mol. The molecular formula is C27H37NO3. The minimum atomic E-state index is -0.213. The largest absolute Gasteiger partial charge is 0.507 e. The van der Waals surface area contributed by atoms with E-state index in [4.69, 9.17) is 4.74 Å². The minimum absolute atomic E-state index is 0.0661. The molecule has 2 aromatic rings. The molecule has 0 fully saturated rings. The van der Waals surface area contributed by atoms with E-state index < -0.39 is 0 Å². The highest BCUT2D eigenvalue weighted by Crippen LogP contribution is 2.40. The van der Waals surface area contributed by atoms with E-state index in [2.05, 4.69) is 41.5 Å². The normalized spacial score (nSPS) is 12.4. The fraction of sp³-hybridized carbons (Fsp3) is 0.444. The number of ether oxygens (including phenoxy) is 1. The van der Waals surface area contributed by atoms with Gasteiger partial charge in [0.25, 0.3) is 0 Å². The molecule has 4 nitrogen and oxygen atoms in total. The van der Waals surface area contributed by atoms with E-state index in [9.17, 15) is 9.90 Å². The molecule has 0 bridgehead atoms. The highest BCUT2D eigenvalue weighted by Gasteiger charge is 2.26. The Kier molecular flexibility index (Phi) is 8.08. The molecule has 0 unspecified atom stereocenters. The quantitative estimate of drug-likeness (QED) is 0.583. The molecule has 4 heteroatoms. The van der Waals surface area contributed by atoms with Crippen molar-refractivity contribution in [3.05, 3.63) is 70.8 Å². The van der Waals surface area contributed by atoms with E-state index in [1.165, 1.54) is 0 Å². The predicted octanol–water partition coefficient (Wildman–Crippen LogP) is 5.68. The Balaban J connectivity index is 2.35. The van der Waals surface area contributed by atoms with Gasteiger partial charge in [-0.1, -0.05) is 71.9 Å². The van der Waals surface area contributed by atoms with Gasteiger partial charge in [-0.05, 0) is 40.2 Å². The van der Waals surface area contributed by atoms with E-state index in [1.54, 1.807) is 18.1 Å². The number of rotatable bonds is 7. The summed E-state index contributed by atoms with van der Waals surface area (Å²) in [6.07, 6.45) is 3.46. The first-order valence-corrected chi connectivity index (χ1v) is 10.8. The van der Waals surface area contributed by atoms with Crippen molar-refractivity contribution in [1.29, 1.82) is 0 Å². The number of methoxy groups -OCH3 is 1. The molecule has 1 amide bonds. The fourth-order valence-corrected chi connectivity index (χ4v) is 3.44. The number of hydrogen-bond donors (Lipinski definition) is 1. The number of nitrogens with zero attached hydrogens (tertiary/aromatic N) is 1. The van der Waals surface area contributed by atoms with Gasteiger partial charge < -0.3 is 14.7 Å². The molecule has 0 heterocycles. The third-order valence-electron chi connectivity index (χ3n) is 5.26. The number of amides is 1. The summed E-state index contributed by atoms with van der Waals surface area (Å²) in [5.41, 5.74) is 3.33. The zero-order valence-electron chi connectivity index (χ0n) is 20.0. The molecule has 0 aliphatic heterocycles. The first-order valence-electron chi connectivity index (χ1n) is 10.8. The molecule has 0 spiro atoms. The molecule has 0 aromatic heterocycles. The maximum Gasteiger partial charge on any atom is 0.246 e.